The molecule has 0 spiro atoms. The van der Waals surface area contributed by atoms with E-state index in [1.54, 1.807) is 11.3 Å². The number of hydrogen-bond donors (Lipinski definition) is 0. The second-order valence-corrected chi connectivity index (χ2v) is 13.7. The van der Waals surface area contributed by atoms with Crippen molar-refractivity contribution in [3.8, 4) is 39.9 Å². The van der Waals surface area contributed by atoms with E-state index in [0.717, 1.165) is 65.6 Å². The van der Waals surface area contributed by atoms with Gasteiger partial charge >= 0.3 is 0 Å². The second kappa shape index (κ2) is 10.9. The van der Waals surface area contributed by atoms with Crippen molar-refractivity contribution in [3.63, 3.8) is 0 Å². The molecular formula is C44H25N5OS. The lowest BCUT2D eigenvalue weighted by Gasteiger charge is -2.09. The van der Waals surface area contributed by atoms with Gasteiger partial charge in [-0.1, -0.05) is 91.0 Å². The van der Waals surface area contributed by atoms with Crippen molar-refractivity contribution in [3.05, 3.63) is 152 Å². The average molecular weight is 672 g/mol. The molecule has 0 amide bonds. The zero-order valence-electron chi connectivity index (χ0n) is 27.0. The van der Waals surface area contributed by atoms with Crippen molar-refractivity contribution in [1.82, 2.24) is 24.5 Å². The van der Waals surface area contributed by atoms with Gasteiger partial charge < -0.3 is 4.42 Å². The average Bonchev–Trinajstić information content (AvgIpc) is 3.87. The Hall–Kier alpha value is -6.70. The molecule has 0 saturated heterocycles. The van der Waals surface area contributed by atoms with Gasteiger partial charge in [0.2, 0.25) is 0 Å². The number of benzene rings is 6. The van der Waals surface area contributed by atoms with Gasteiger partial charge in [-0.2, -0.15) is 0 Å². The summed E-state index contributed by atoms with van der Waals surface area (Å²) in [4.78, 5) is 20.1. The zero-order valence-corrected chi connectivity index (χ0v) is 27.8. The van der Waals surface area contributed by atoms with E-state index >= 15 is 0 Å². The molecule has 0 aliphatic carbocycles. The fraction of sp³-hybridized carbons (Fsp3) is 0. The summed E-state index contributed by atoms with van der Waals surface area (Å²) < 4.78 is 11.4. The van der Waals surface area contributed by atoms with Crippen LogP contribution in [-0.2, 0) is 0 Å². The summed E-state index contributed by atoms with van der Waals surface area (Å²) in [6.45, 7) is 0. The maximum absolute atomic E-state index is 6.77. The van der Waals surface area contributed by atoms with E-state index in [1.807, 2.05) is 48.7 Å². The minimum atomic E-state index is 0.563. The van der Waals surface area contributed by atoms with Gasteiger partial charge in [0, 0.05) is 65.1 Å². The molecular weight excluding hydrogens is 647 g/mol. The van der Waals surface area contributed by atoms with Gasteiger partial charge in [-0.05, 0) is 48.5 Å². The Balaban J connectivity index is 1.13. The lowest BCUT2D eigenvalue weighted by molar-refractivity contribution is 0.669. The lowest BCUT2D eigenvalue weighted by atomic mass is 10.1. The Morgan fingerprint density at radius 2 is 1.22 bits per heavy atom. The number of furan rings is 1. The summed E-state index contributed by atoms with van der Waals surface area (Å²) in [6, 6.07) is 50.1. The predicted molar refractivity (Wildman–Crippen MR) is 208 cm³/mol. The molecule has 7 heteroatoms. The molecule has 0 unspecified atom stereocenters. The molecule has 51 heavy (non-hydrogen) atoms. The lowest BCUT2D eigenvalue weighted by Crippen LogP contribution is -2.00. The van der Waals surface area contributed by atoms with E-state index < -0.39 is 0 Å². The summed E-state index contributed by atoms with van der Waals surface area (Å²) in [6.07, 6.45) is 1.84. The first kappa shape index (κ1) is 28.2. The number of nitrogens with zero attached hydrogens (tertiary/aromatic N) is 5. The Bertz CT molecular complexity index is 3100. The number of para-hydroxylation sites is 2. The van der Waals surface area contributed by atoms with Crippen molar-refractivity contribution < 1.29 is 4.42 Å². The smallest absolute Gasteiger partial charge is 0.167 e. The molecule has 0 aliphatic heterocycles. The monoisotopic (exact) mass is 671 g/mol. The summed E-state index contributed by atoms with van der Waals surface area (Å²) in [5.41, 5.74) is 7.23. The third-order valence-corrected chi connectivity index (χ3v) is 10.9. The molecule has 6 aromatic carbocycles. The largest absolute Gasteiger partial charge is 0.455 e. The molecule has 5 aromatic heterocycles. The highest BCUT2D eigenvalue weighted by Crippen LogP contribution is 2.41. The number of thiophene rings is 1. The quantitative estimate of drug-likeness (QED) is 0.186. The molecule has 11 aromatic rings. The van der Waals surface area contributed by atoms with Gasteiger partial charge in [0.1, 0.15) is 16.8 Å². The topological polar surface area (TPSA) is 69.6 Å². The number of pyridine rings is 1. The van der Waals surface area contributed by atoms with Crippen molar-refractivity contribution in [1.29, 1.82) is 0 Å². The molecule has 0 radical (unpaired) electrons. The maximum Gasteiger partial charge on any atom is 0.167 e. The van der Waals surface area contributed by atoms with Crippen LogP contribution in [0.25, 0.3) is 104 Å². The van der Waals surface area contributed by atoms with Gasteiger partial charge in [0.05, 0.1) is 16.8 Å². The first-order chi connectivity index (χ1) is 25.3. The van der Waals surface area contributed by atoms with Crippen LogP contribution in [0.1, 0.15) is 0 Å². The SMILES string of the molecule is c1ccc(-c2nc(-c3cccc4c3oc3cc(-n5c6ccccc6c6cccnc65)ccc34)nc(-c3cccc4c3sc3ccccc34)n2)cc1. The minimum absolute atomic E-state index is 0.563. The molecule has 0 aliphatic rings. The van der Waals surface area contributed by atoms with Crippen LogP contribution in [0.2, 0.25) is 0 Å². The third-order valence-electron chi connectivity index (χ3n) is 9.73. The molecule has 0 atom stereocenters. The van der Waals surface area contributed by atoms with Crippen molar-refractivity contribution >= 4 is 75.4 Å². The van der Waals surface area contributed by atoms with Gasteiger partial charge in [-0.25, -0.2) is 19.9 Å². The first-order valence-corrected chi connectivity index (χ1v) is 17.6. The van der Waals surface area contributed by atoms with Gasteiger partial charge in [-0.15, -0.1) is 11.3 Å². The second-order valence-electron chi connectivity index (χ2n) is 12.6. The first-order valence-electron chi connectivity index (χ1n) is 16.8. The minimum Gasteiger partial charge on any atom is -0.455 e. The van der Waals surface area contributed by atoms with Crippen LogP contribution in [0, 0.1) is 0 Å². The number of rotatable bonds is 4. The van der Waals surface area contributed by atoms with Crippen molar-refractivity contribution in [2.45, 2.75) is 0 Å². The van der Waals surface area contributed by atoms with Crippen LogP contribution in [-0.4, -0.2) is 24.5 Å². The van der Waals surface area contributed by atoms with E-state index in [0.29, 0.717) is 17.5 Å². The Morgan fingerprint density at radius 3 is 2.12 bits per heavy atom. The fourth-order valence-corrected chi connectivity index (χ4v) is 8.63. The molecule has 0 N–H and O–H groups in total. The standard InChI is InChI=1S/C44H25N5OS/c1-2-11-26(12-3-1)41-46-42(48-43(47-41)35-18-9-16-32-30-14-5-7-21-38(30)51-40(32)35)34-17-8-15-31-29-23-22-27(25-37(29)50-39(31)34)49-36-20-6-4-13-28(36)33-19-10-24-45-44(33)49/h1-25H. The van der Waals surface area contributed by atoms with E-state index in [9.17, 15) is 0 Å². The predicted octanol–water partition coefficient (Wildman–Crippen LogP) is 11.6. The van der Waals surface area contributed by atoms with E-state index in [2.05, 4.69) is 108 Å². The van der Waals surface area contributed by atoms with Crippen LogP contribution < -0.4 is 0 Å². The highest BCUT2D eigenvalue weighted by molar-refractivity contribution is 7.26. The van der Waals surface area contributed by atoms with Crippen LogP contribution in [0.3, 0.4) is 0 Å². The summed E-state index contributed by atoms with van der Waals surface area (Å²) in [5.74, 6) is 1.81. The van der Waals surface area contributed by atoms with Crippen molar-refractivity contribution in [2.75, 3.05) is 0 Å². The van der Waals surface area contributed by atoms with Gasteiger partial charge in [-0.3, -0.25) is 4.57 Å². The van der Waals surface area contributed by atoms with E-state index in [4.69, 9.17) is 24.4 Å². The normalized spacial score (nSPS) is 11.9. The Kier molecular flexibility index (Phi) is 6.02. The Morgan fingerprint density at radius 1 is 0.510 bits per heavy atom. The van der Waals surface area contributed by atoms with Crippen LogP contribution >= 0.6 is 11.3 Å². The van der Waals surface area contributed by atoms with Crippen LogP contribution in [0.5, 0.6) is 0 Å². The van der Waals surface area contributed by atoms with E-state index in [1.165, 1.54) is 20.9 Å². The zero-order chi connectivity index (χ0) is 33.5. The van der Waals surface area contributed by atoms with E-state index in [-0.39, 0.29) is 0 Å². The molecule has 5 heterocycles. The molecule has 238 valence electrons. The fourth-order valence-electron chi connectivity index (χ4n) is 7.42. The highest BCUT2D eigenvalue weighted by Gasteiger charge is 2.20. The summed E-state index contributed by atoms with van der Waals surface area (Å²) in [5, 5.41) is 6.75. The maximum atomic E-state index is 6.77. The number of fused-ring (bicyclic) bond motifs is 9. The van der Waals surface area contributed by atoms with Crippen molar-refractivity contribution in [2.24, 2.45) is 0 Å². The number of hydrogen-bond acceptors (Lipinski definition) is 6. The summed E-state index contributed by atoms with van der Waals surface area (Å²) >= 11 is 1.77. The Labute approximate surface area is 294 Å². The third kappa shape index (κ3) is 4.28. The molecule has 0 saturated carbocycles. The molecule has 6 nitrogen and oxygen atoms in total. The highest BCUT2D eigenvalue weighted by atomic mass is 32.1. The molecule has 0 bridgehead atoms. The van der Waals surface area contributed by atoms with Crippen LogP contribution in [0.15, 0.2) is 156 Å². The van der Waals surface area contributed by atoms with Gasteiger partial charge in [0.15, 0.2) is 17.5 Å². The summed E-state index contributed by atoms with van der Waals surface area (Å²) in [7, 11) is 0. The van der Waals surface area contributed by atoms with Crippen LogP contribution in [0.4, 0.5) is 0 Å². The number of aromatic nitrogens is 5. The molecule has 0 fully saturated rings. The van der Waals surface area contributed by atoms with Gasteiger partial charge in [0.25, 0.3) is 0 Å². The molecule has 11 rings (SSSR count).